The molecule has 6 heteroatoms. The first-order valence-corrected chi connectivity index (χ1v) is 6.12. The molecule has 1 amide bonds. The molecule has 0 saturated carbocycles. The fraction of sp³-hybridized carbons (Fsp3) is 0.429. The second kappa shape index (κ2) is 5.90. The zero-order valence-electron chi connectivity index (χ0n) is 11.9. The average Bonchev–Trinajstić information content (AvgIpc) is 2.26. The Hall–Kier alpha value is -2.11. The standard InChI is InChI=1S/C14H18FNO4/c1-8(13(19)20-14(2,3)4)16-12(18)10-6-5-9(17)7-11(10)15/h5-8,17H,1-4H3,(H,16,18)/t8-/m1/s1. The van der Waals surface area contributed by atoms with Crippen molar-refractivity contribution in [3.05, 3.63) is 29.6 Å². The highest BCUT2D eigenvalue weighted by Crippen LogP contribution is 2.15. The Morgan fingerprint density at radius 3 is 2.45 bits per heavy atom. The van der Waals surface area contributed by atoms with Gasteiger partial charge in [-0.2, -0.15) is 0 Å². The van der Waals surface area contributed by atoms with Gasteiger partial charge in [0.15, 0.2) is 0 Å². The second-order valence-electron chi connectivity index (χ2n) is 5.39. The van der Waals surface area contributed by atoms with Crippen LogP contribution in [-0.2, 0) is 9.53 Å². The van der Waals surface area contributed by atoms with Crippen LogP contribution in [0, 0.1) is 5.82 Å². The molecule has 1 aromatic rings. The molecule has 20 heavy (non-hydrogen) atoms. The van der Waals surface area contributed by atoms with Crippen molar-refractivity contribution in [1.29, 1.82) is 0 Å². The van der Waals surface area contributed by atoms with Gasteiger partial charge in [0.1, 0.15) is 23.2 Å². The van der Waals surface area contributed by atoms with Crippen molar-refractivity contribution < 1.29 is 23.8 Å². The highest BCUT2D eigenvalue weighted by molar-refractivity contribution is 5.97. The normalized spacial score (nSPS) is 12.7. The van der Waals surface area contributed by atoms with E-state index < -0.39 is 29.3 Å². The Morgan fingerprint density at radius 1 is 1.35 bits per heavy atom. The van der Waals surface area contributed by atoms with Crippen molar-refractivity contribution in [3.63, 3.8) is 0 Å². The maximum atomic E-state index is 13.5. The monoisotopic (exact) mass is 283 g/mol. The van der Waals surface area contributed by atoms with Gasteiger partial charge in [-0.15, -0.1) is 0 Å². The summed E-state index contributed by atoms with van der Waals surface area (Å²) < 4.78 is 18.6. The average molecular weight is 283 g/mol. The number of carbonyl (C=O) groups excluding carboxylic acids is 2. The van der Waals surface area contributed by atoms with Crippen molar-refractivity contribution in [2.45, 2.75) is 39.3 Å². The Kier molecular flexibility index (Phi) is 4.70. The van der Waals surface area contributed by atoms with Crippen molar-refractivity contribution >= 4 is 11.9 Å². The van der Waals surface area contributed by atoms with Crippen molar-refractivity contribution in [2.24, 2.45) is 0 Å². The van der Waals surface area contributed by atoms with E-state index in [9.17, 15) is 14.0 Å². The number of ether oxygens (including phenoxy) is 1. The number of carbonyl (C=O) groups is 2. The summed E-state index contributed by atoms with van der Waals surface area (Å²) in [5, 5.41) is 11.4. The molecular weight excluding hydrogens is 265 g/mol. The van der Waals surface area contributed by atoms with Gasteiger partial charge in [0.05, 0.1) is 5.56 Å². The SMILES string of the molecule is C[C@@H](NC(=O)c1ccc(O)cc1F)C(=O)OC(C)(C)C. The third-order valence-corrected chi connectivity index (χ3v) is 2.31. The largest absolute Gasteiger partial charge is 0.508 e. The molecule has 0 aliphatic rings. The first-order chi connectivity index (χ1) is 9.10. The summed E-state index contributed by atoms with van der Waals surface area (Å²) in [6, 6.07) is 2.25. The number of benzene rings is 1. The van der Waals surface area contributed by atoms with Crippen LogP contribution in [0.5, 0.6) is 5.75 Å². The van der Waals surface area contributed by atoms with Crippen molar-refractivity contribution in [1.82, 2.24) is 5.32 Å². The molecule has 0 aromatic heterocycles. The lowest BCUT2D eigenvalue weighted by molar-refractivity contribution is -0.156. The van der Waals surface area contributed by atoms with Crippen LogP contribution in [-0.4, -0.2) is 28.6 Å². The molecule has 1 atom stereocenters. The van der Waals surface area contributed by atoms with E-state index in [0.717, 1.165) is 12.1 Å². The van der Waals surface area contributed by atoms with E-state index in [0.29, 0.717) is 0 Å². The van der Waals surface area contributed by atoms with Gasteiger partial charge in [0.2, 0.25) is 0 Å². The highest BCUT2D eigenvalue weighted by atomic mass is 19.1. The number of rotatable bonds is 3. The van der Waals surface area contributed by atoms with E-state index in [4.69, 9.17) is 9.84 Å². The van der Waals surface area contributed by atoms with Gasteiger partial charge in [-0.3, -0.25) is 4.79 Å². The van der Waals surface area contributed by atoms with E-state index in [2.05, 4.69) is 5.32 Å². The van der Waals surface area contributed by atoms with Crippen LogP contribution in [0.4, 0.5) is 4.39 Å². The smallest absolute Gasteiger partial charge is 0.328 e. The van der Waals surface area contributed by atoms with Gasteiger partial charge in [-0.25, -0.2) is 9.18 Å². The predicted molar refractivity (Wildman–Crippen MR) is 70.8 cm³/mol. The van der Waals surface area contributed by atoms with Gasteiger partial charge in [-0.1, -0.05) is 0 Å². The number of hydrogen-bond donors (Lipinski definition) is 2. The molecule has 0 spiro atoms. The number of amides is 1. The lowest BCUT2D eigenvalue weighted by Crippen LogP contribution is -2.42. The molecule has 0 unspecified atom stereocenters. The molecule has 2 N–H and O–H groups in total. The van der Waals surface area contributed by atoms with Gasteiger partial charge >= 0.3 is 5.97 Å². The molecule has 110 valence electrons. The minimum absolute atomic E-state index is 0.252. The first-order valence-electron chi connectivity index (χ1n) is 6.12. The number of halogens is 1. The molecule has 0 aliphatic heterocycles. The van der Waals surface area contributed by atoms with Crippen LogP contribution in [0.25, 0.3) is 0 Å². The van der Waals surface area contributed by atoms with Crippen LogP contribution >= 0.6 is 0 Å². The molecule has 0 bridgehead atoms. The minimum atomic E-state index is -0.907. The number of esters is 1. The maximum absolute atomic E-state index is 13.5. The van der Waals surface area contributed by atoms with Crippen LogP contribution in [0.2, 0.25) is 0 Å². The molecule has 0 aliphatic carbocycles. The summed E-state index contributed by atoms with van der Waals surface area (Å²) in [4.78, 5) is 23.5. The number of nitrogens with one attached hydrogen (secondary N) is 1. The fourth-order valence-corrected chi connectivity index (χ4v) is 1.41. The van der Waals surface area contributed by atoms with E-state index in [-0.39, 0.29) is 11.3 Å². The third kappa shape index (κ3) is 4.53. The highest BCUT2D eigenvalue weighted by Gasteiger charge is 2.24. The van der Waals surface area contributed by atoms with Gasteiger partial charge < -0.3 is 15.2 Å². The van der Waals surface area contributed by atoms with E-state index in [1.807, 2.05) is 0 Å². The Morgan fingerprint density at radius 2 is 1.95 bits per heavy atom. The molecular formula is C14H18FNO4. The number of phenols is 1. The molecule has 0 radical (unpaired) electrons. The van der Waals surface area contributed by atoms with Crippen molar-refractivity contribution in [3.8, 4) is 5.75 Å². The predicted octanol–water partition coefficient (Wildman–Crippen LogP) is 1.99. The second-order valence-corrected chi connectivity index (χ2v) is 5.39. The van der Waals surface area contributed by atoms with Gasteiger partial charge in [0.25, 0.3) is 5.91 Å². The summed E-state index contributed by atoms with van der Waals surface area (Å²) in [5.74, 6) is -2.50. The Balaban J connectivity index is 2.73. The number of hydrogen-bond acceptors (Lipinski definition) is 4. The lowest BCUT2D eigenvalue weighted by atomic mass is 10.1. The zero-order chi connectivity index (χ0) is 15.5. The molecule has 1 aromatic carbocycles. The minimum Gasteiger partial charge on any atom is -0.508 e. The van der Waals surface area contributed by atoms with Gasteiger partial charge in [0, 0.05) is 6.07 Å². The van der Waals surface area contributed by atoms with E-state index >= 15 is 0 Å². The van der Waals surface area contributed by atoms with Crippen LogP contribution in [0.1, 0.15) is 38.1 Å². The molecule has 0 saturated heterocycles. The summed E-state index contributed by atoms with van der Waals surface area (Å²) in [6.07, 6.45) is 0. The summed E-state index contributed by atoms with van der Waals surface area (Å²) in [7, 11) is 0. The fourth-order valence-electron chi connectivity index (χ4n) is 1.41. The summed E-state index contributed by atoms with van der Waals surface area (Å²) >= 11 is 0. The lowest BCUT2D eigenvalue weighted by Gasteiger charge is -2.22. The topological polar surface area (TPSA) is 75.6 Å². The summed E-state index contributed by atoms with van der Waals surface area (Å²) in [5.41, 5.74) is -0.918. The van der Waals surface area contributed by atoms with Crippen LogP contribution in [0.3, 0.4) is 0 Å². The van der Waals surface area contributed by atoms with Crippen molar-refractivity contribution in [2.75, 3.05) is 0 Å². The zero-order valence-corrected chi connectivity index (χ0v) is 11.9. The Labute approximate surface area is 116 Å². The molecule has 1 rings (SSSR count). The Bertz CT molecular complexity index is 522. The quantitative estimate of drug-likeness (QED) is 0.832. The first kappa shape index (κ1) is 15.9. The van der Waals surface area contributed by atoms with Crippen LogP contribution < -0.4 is 5.32 Å². The third-order valence-electron chi connectivity index (χ3n) is 2.31. The summed E-state index contributed by atoms with van der Waals surface area (Å²) in [6.45, 7) is 6.57. The van der Waals surface area contributed by atoms with Crippen LogP contribution in [0.15, 0.2) is 18.2 Å². The number of aromatic hydroxyl groups is 1. The maximum Gasteiger partial charge on any atom is 0.328 e. The molecule has 0 heterocycles. The van der Waals surface area contributed by atoms with E-state index in [1.54, 1.807) is 20.8 Å². The molecule has 5 nitrogen and oxygen atoms in total. The molecule has 0 fully saturated rings. The van der Waals surface area contributed by atoms with E-state index in [1.165, 1.54) is 13.0 Å². The number of phenolic OH excluding ortho intramolecular Hbond substituents is 1. The van der Waals surface area contributed by atoms with Gasteiger partial charge in [-0.05, 0) is 39.8 Å².